The number of carbonyl (C=O) groups is 1. The Balaban J connectivity index is 1.27. The van der Waals surface area contributed by atoms with Gasteiger partial charge in [-0.25, -0.2) is 9.37 Å². The number of fused-ring (bicyclic) bond motifs is 1. The molecular formula is C32H29FN4O2. The summed E-state index contributed by atoms with van der Waals surface area (Å²) < 4.78 is 21.1. The Kier molecular flexibility index (Phi) is 6.82. The molecule has 1 amide bonds. The Hall–Kier alpha value is -4.49. The van der Waals surface area contributed by atoms with Crippen LogP contribution in [0.25, 0.3) is 28.0 Å². The van der Waals surface area contributed by atoms with Crippen molar-refractivity contribution in [1.82, 2.24) is 19.2 Å². The second kappa shape index (κ2) is 10.7. The maximum absolute atomic E-state index is 13.7. The number of carbonyl (C=O) groups excluding carboxylic acids is 1. The second-order valence-corrected chi connectivity index (χ2v) is 9.72. The van der Waals surface area contributed by atoms with Gasteiger partial charge in [0, 0.05) is 50.0 Å². The molecule has 1 fully saturated rings. The molecule has 0 spiro atoms. The van der Waals surface area contributed by atoms with Crippen molar-refractivity contribution in [1.29, 1.82) is 0 Å². The van der Waals surface area contributed by atoms with E-state index in [-0.39, 0.29) is 11.7 Å². The van der Waals surface area contributed by atoms with Crippen molar-refractivity contribution in [2.75, 3.05) is 33.3 Å². The van der Waals surface area contributed by atoms with Gasteiger partial charge in [-0.3, -0.25) is 9.69 Å². The molecule has 0 unspecified atom stereocenters. The number of methoxy groups -OCH3 is 1. The molecule has 0 bridgehead atoms. The lowest BCUT2D eigenvalue weighted by Crippen LogP contribution is -2.48. The summed E-state index contributed by atoms with van der Waals surface area (Å²) in [6, 6.07) is 28.1. The van der Waals surface area contributed by atoms with Crippen LogP contribution in [0.1, 0.15) is 16.1 Å². The Morgan fingerprint density at radius 3 is 2.21 bits per heavy atom. The number of imidazole rings is 1. The smallest absolute Gasteiger partial charge is 0.253 e. The van der Waals surface area contributed by atoms with Gasteiger partial charge in [0.05, 0.1) is 18.5 Å². The maximum atomic E-state index is 13.7. The van der Waals surface area contributed by atoms with E-state index in [1.165, 1.54) is 12.1 Å². The summed E-state index contributed by atoms with van der Waals surface area (Å²) in [7, 11) is 1.61. The minimum atomic E-state index is -0.270. The monoisotopic (exact) mass is 520 g/mol. The zero-order valence-corrected chi connectivity index (χ0v) is 21.8. The van der Waals surface area contributed by atoms with E-state index in [1.807, 2.05) is 53.4 Å². The molecule has 2 aromatic heterocycles. The summed E-state index contributed by atoms with van der Waals surface area (Å²) in [6.45, 7) is 3.44. The number of piperazine rings is 1. The van der Waals surface area contributed by atoms with E-state index in [0.29, 0.717) is 25.2 Å². The quantitative estimate of drug-likeness (QED) is 0.285. The molecule has 6 rings (SSSR count). The topological polar surface area (TPSA) is 50.1 Å². The van der Waals surface area contributed by atoms with Gasteiger partial charge in [0.25, 0.3) is 5.91 Å². The van der Waals surface area contributed by atoms with Gasteiger partial charge >= 0.3 is 0 Å². The zero-order chi connectivity index (χ0) is 26.8. The van der Waals surface area contributed by atoms with Crippen molar-refractivity contribution in [3.05, 3.63) is 114 Å². The van der Waals surface area contributed by atoms with Crippen LogP contribution >= 0.6 is 0 Å². The van der Waals surface area contributed by atoms with Crippen LogP contribution in [0.4, 0.5) is 4.39 Å². The van der Waals surface area contributed by atoms with Gasteiger partial charge in [0.15, 0.2) is 0 Å². The first-order valence-electron chi connectivity index (χ1n) is 13.1. The summed E-state index contributed by atoms with van der Waals surface area (Å²) in [5.41, 5.74) is 6.51. The Labute approximate surface area is 226 Å². The number of aromatic nitrogens is 2. The number of benzene rings is 3. The van der Waals surface area contributed by atoms with Crippen LogP contribution in [0.15, 0.2) is 97.2 Å². The highest BCUT2D eigenvalue weighted by Crippen LogP contribution is 2.29. The van der Waals surface area contributed by atoms with E-state index < -0.39 is 0 Å². The highest BCUT2D eigenvalue weighted by Gasteiger charge is 2.24. The molecule has 1 aliphatic rings. The number of hydrogen-bond acceptors (Lipinski definition) is 4. The summed E-state index contributed by atoms with van der Waals surface area (Å²) >= 11 is 0. The van der Waals surface area contributed by atoms with Gasteiger partial charge in [-0.05, 0) is 71.8 Å². The van der Waals surface area contributed by atoms with Crippen molar-refractivity contribution < 1.29 is 13.9 Å². The fourth-order valence-electron chi connectivity index (χ4n) is 5.12. The van der Waals surface area contributed by atoms with Gasteiger partial charge in [-0.2, -0.15) is 0 Å². The van der Waals surface area contributed by atoms with E-state index in [0.717, 1.165) is 52.6 Å². The molecule has 5 aromatic rings. The van der Waals surface area contributed by atoms with E-state index in [2.05, 4.69) is 33.7 Å². The number of halogens is 1. The molecule has 1 aliphatic heterocycles. The summed E-state index contributed by atoms with van der Waals surface area (Å²) in [6.07, 6.45) is 2.13. The van der Waals surface area contributed by atoms with Crippen LogP contribution in [0, 0.1) is 5.82 Å². The lowest BCUT2D eigenvalue weighted by molar-refractivity contribution is 0.0627. The van der Waals surface area contributed by atoms with Crippen molar-refractivity contribution in [3.63, 3.8) is 0 Å². The Bertz CT molecular complexity index is 1590. The zero-order valence-electron chi connectivity index (χ0n) is 21.8. The molecule has 39 heavy (non-hydrogen) atoms. The maximum Gasteiger partial charge on any atom is 0.253 e. The molecular weight excluding hydrogens is 491 g/mol. The molecule has 196 valence electrons. The molecule has 6 nitrogen and oxygen atoms in total. The normalized spacial score (nSPS) is 14.1. The van der Waals surface area contributed by atoms with E-state index in [1.54, 1.807) is 19.2 Å². The predicted octanol–water partition coefficient (Wildman–Crippen LogP) is 5.77. The van der Waals surface area contributed by atoms with E-state index in [9.17, 15) is 9.18 Å². The lowest BCUT2D eigenvalue weighted by atomic mass is 10.1. The number of ether oxygens (including phenoxy) is 1. The van der Waals surface area contributed by atoms with Gasteiger partial charge in [-0.1, -0.05) is 30.3 Å². The highest BCUT2D eigenvalue weighted by atomic mass is 19.1. The first-order valence-corrected chi connectivity index (χ1v) is 13.1. The van der Waals surface area contributed by atoms with Gasteiger partial charge in [0.2, 0.25) is 0 Å². The molecule has 3 heterocycles. The second-order valence-electron chi connectivity index (χ2n) is 9.72. The first kappa shape index (κ1) is 24.8. The number of pyridine rings is 1. The summed E-state index contributed by atoms with van der Waals surface area (Å²) in [4.78, 5) is 22.3. The number of amides is 1. The van der Waals surface area contributed by atoms with Gasteiger partial charge in [-0.15, -0.1) is 0 Å². The Morgan fingerprint density at radius 1 is 0.821 bits per heavy atom. The minimum absolute atomic E-state index is 0.0339. The molecule has 0 saturated carbocycles. The average Bonchev–Trinajstić information content (AvgIpc) is 3.35. The third-order valence-electron chi connectivity index (χ3n) is 7.31. The van der Waals surface area contributed by atoms with Crippen molar-refractivity contribution >= 4 is 11.6 Å². The van der Waals surface area contributed by atoms with E-state index in [4.69, 9.17) is 9.72 Å². The highest BCUT2D eigenvalue weighted by molar-refractivity contribution is 5.94. The fourth-order valence-corrected chi connectivity index (χ4v) is 5.12. The molecule has 1 saturated heterocycles. The van der Waals surface area contributed by atoms with Crippen LogP contribution in [0.5, 0.6) is 5.75 Å². The van der Waals surface area contributed by atoms with Gasteiger partial charge < -0.3 is 14.0 Å². The third kappa shape index (κ3) is 5.13. The summed E-state index contributed by atoms with van der Waals surface area (Å²) in [5.74, 6) is 0.497. The van der Waals surface area contributed by atoms with Crippen LogP contribution in [-0.4, -0.2) is 58.4 Å². The predicted molar refractivity (Wildman–Crippen MR) is 150 cm³/mol. The van der Waals surface area contributed by atoms with Crippen LogP contribution in [0.2, 0.25) is 0 Å². The fraction of sp³-hybridized carbons (Fsp3) is 0.188. The summed E-state index contributed by atoms with van der Waals surface area (Å²) in [5, 5.41) is 0. The van der Waals surface area contributed by atoms with Gasteiger partial charge in [0.1, 0.15) is 17.2 Å². The minimum Gasteiger partial charge on any atom is -0.497 e. The standard InChI is InChI=1S/C32H29FN4O2/c1-39-28-14-9-25(10-15-28)32(38)36-19-17-35(18-20-36)22-29-31(24-7-12-27(33)13-8-24)34-30-16-11-26(21-37(29)30)23-5-3-2-4-6-23/h2-16,21H,17-20,22H2,1H3. The molecule has 0 N–H and O–H groups in total. The molecule has 0 aliphatic carbocycles. The number of hydrogen-bond donors (Lipinski definition) is 0. The first-order chi connectivity index (χ1) is 19.1. The van der Waals surface area contributed by atoms with Crippen molar-refractivity contribution in [3.8, 4) is 28.1 Å². The molecule has 0 radical (unpaired) electrons. The number of rotatable bonds is 6. The van der Waals surface area contributed by atoms with Crippen LogP contribution in [0.3, 0.4) is 0 Å². The number of nitrogens with zero attached hydrogens (tertiary/aromatic N) is 4. The third-order valence-corrected chi connectivity index (χ3v) is 7.31. The van der Waals surface area contributed by atoms with Crippen LogP contribution in [-0.2, 0) is 6.54 Å². The largest absolute Gasteiger partial charge is 0.497 e. The molecule has 7 heteroatoms. The molecule has 3 aromatic carbocycles. The SMILES string of the molecule is COc1ccc(C(=O)N2CCN(Cc3c(-c4ccc(F)cc4)nc4ccc(-c5ccccc5)cn34)CC2)cc1. The molecule has 0 atom stereocenters. The average molecular weight is 521 g/mol. The lowest BCUT2D eigenvalue weighted by Gasteiger charge is -2.34. The van der Waals surface area contributed by atoms with Crippen LogP contribution < -0.4 is 4.74 Å². The van der Waals surface area contributed by atoms with E-state index >= 15 is 0 Å². The van der Waals surface area contributed by atoms with Crippen molar-refractivity contribution in [2.24, 2.45) is 0 Å². The Morgan fingerprint density at radius 2 is 1.51 bits per heavy atom. The van der Waals surface area contributed by atoms with Crippen molar-refractivity contribution in [2.45, 2.75) is 6.54 Å².